The van der Waals surface area contributed by atoms with Gasteiger partial charge in [-0.2, -0.15) is 0 Å². The largest absolute Gasteiger partial charge is 0.474 e. The number of pyridine rings is 2. The Morgan fingerprint density at radius 3 is 2.52 bits per heavy atom. The maximum atomic E-state index is 13.7. The Labute approximate surface area is 192 Å². The molecule has 4 rings (SSSR count). The zero-order chi connectivity index (χ0) is 22.5. The van der Waals surface area contributed by atoms with Crippen LogP contribution in [0.1, 0.15) is 19.5 Å². The van der Waals surface area contributed by atoms with Crippen LogP contribution in [0.4, 0.5) is 4.39 Å². The number of fused-ring (bicyclic) bond motifs is 1. The van der Waals surface area contributed by atoms with Crippen LogP contribution in [0.15, 0.2) is 29.2 Å². The lowest BCUT2D eigenvalue weighted by Crippen LogP contribution is -2.25. The lowest BCUT2D eigenvalue weighted by atomic mass is 10.2. The standard InChI is InChI=1S/C21H18Cl3FN2O4/c1-10-4-16(28)17-19(27(10)18-13(22)5-11(25)6-14(18)23)15(24)7-26-20(17)29-8-12-9-30-21(2,3)31-12/h4-7,12H,8-9H2,1-3H3. The van der Waals surface area contributed by atoms with Crippen LogP contribution in [0.25, 0.3) is 16.6 Å². The van der Waals surface area contributed by atoms with Gasteiger partial charge in [0.2, 0.25) is 5.88 Å². The Morgan fingerprint density at radius 1 is 1.23 bits per heavy atom. The normalized spacial score (nSPS) is 18.0. The van der Waals surface area contributed by atoms with Crippen LogP contribution in [0.2, 0.25) is 15.1 Å². The number of aryl methyl sites for hydroxylation is 1. The van der Waals surface area contributed by atoms with E-state index in [1.807, 2.05) is 0 Å². The Kier molecular flexibility index (Phi) is 5.91. The molecule has 1 saturated heterocycles. The third-order valence-corrected chi connectivity index (χ3v) is 5.67. The Hall–Kier alpha value is -1.90. The molecule has 0 saturated carbocycles. The number of hydrogen-bond acceptors (Lipinski definition) is 5. The summed E-state index contributed by atoms with van der Waals surface area (Å²) in [5, 5.41) is 0.452. The van der Waals surface area contributed by atoms with E-state index in [0.29, 0.717) is 23.5 Å². The molecule has 164 valence electrons. The van der Waals surface area contributed by atoms with Crippen molar-refractivity contribution in [2.45, 2.75) is 32.7 Å². The predicted octanol–water partition coefficient (Wildman–Crippen LogP) is 5.32. The molecule has 31 heavy (non-hydrogen) atoms. The highest BCUT2D eigenvalue weighted by Gasteiger charge is 2.33. The van der Waals surface area contributed by atoms with E-state index in [4.69, 9.17) is 49.0 Å². The quantitative estimate of drug-likeness (QED) is 0.498. The molecule has 3 aromatic rings. The molecule has 1 aliphatic rings. The number of benzene rings is 1. The summed E-state index contributed by atoms with van der Waals surface area (Å²) in [6.07, 6.45) is 1.05. The zero-order valence-electron chi connectivity index (χ0n) is 16.8. The first-order valence-electron chi connectivity index (χ1n) is 9.38. The van der Waals surface area contributed by atoms with Gasteiger partial charge in [-0.15, -0.1) is 0 Å². The second-order valence-electron chi connectivity index (χ2n) is 7.60. The highest BCUT2D eigenvalue weighted by Crippen LogP contribution is 2.36. The molecule has 0 bridgehead atoms. The topological polar surface area (TPSA) is 62.6 Å². The van der Waals surface area contributed by atoms with Gasteiger partial charge in [0, 0.05) is 11.8 Å². The molecule has 0 N–H and O–H groups in total. The van der Waals surface area contributed by atoms with Crippen molar-refractivity contribution in [2.75, 3.05) is 13.2 Å². The van der Waals surface area contributed by atoms with Crippen molar-refractivity contribution in [2.24, 2.45) is 0 Å². The van der Waals surface area contributed by atoms with Crippen LogP contribution in [0, 0.1) is 12.7 Å². The zero-order valence-corrected chi connectivity index (χ0v) is 19.1. The summed E-state index contributed by atoms with van der Waals surface area (Å²) in [5.74, 6) is -1.20. The molecule has 0 aliphatic carbocycles. The van der Waals surface area contributed by atoms with E-state index < -0.39 is 11.6 Å². The fourth-order valence-corrected chi connectivity index (χ4v) is 4.43. The smallest absolute Gasteiger partial charge is 0.227 e. The van der Waals surface area contributed by atoms with Gasteiger partial charge in [-0.05, 0) is 32.9 Å². The van der Waals surface area contributed by atoms with Gasteiger partial charge >= 0.3 is 0 Å². The lowest BCUT2D eigenvalue weighted by molar-refractivity contribution is -0.141. The maximum absolute atomic E-state index is 13.7. The van der Waals surface area contributed by atoms with Crippen molar-refractivity contribution in [3.8, 4) is 11.6 Å². The molecular weight excluding hydrogens is 470 g/mol. The first kappa shape index (κ1) is 22.3. The summed E-state index contributed by atoms with van der Waals surface area (Å²) in [6, 6.07) is 3.66. The summed E-state index contributed by atoms with van der Waals surface area (Å²) in [6.45, 7) is 5.78. The highest BCUT2D eigenvalue weighted by atomic mass is 35.5. The summed E-state index contributed by atoms with van der Waals surface area (Å²) in [4.78, 5) is 17.1. The van der Waals surface area contributed by atoms with Crippen LogP contribution >= 0.6 is 34.8 Å². The van der Waals surface area contributed by atoms with E-state index in [-0.39, 0.29) is 44.5 Å². The third kappa shape index (κ3) is 4.25. The average Bonchev–Trinajstić information content (AvgIpc) is 3.01. The van der Waals surface area contributed by atoms with Gasteiger partial charge in [-0.3, -0.25) is 4.79 Å². The second kappa shape index (κ2) is 8.22. The van der Waals surface area contributed by atoms with Crippen LogP contribution in [-0.2, 0) is 9.47 Å². The minimum absolute atomic E-state index is 0.0622. The SMILES string of the molecule is Cc1cc(=O)c2c(OCC3COC(C)(C)O3)ncc(Cl)c2n1-c1c(Cl)cc(F)cc1Cl. The molecular formula is C21H18Cl3FN2O4. The van der Waals surface area contributed by atoms with E-state index in [9.17, 15) is 9.18 Å². The maximum Gasteiger partial charge on any atom is 0.227 e. The van der Waals surface area contributed by atoms with Crippen molar-refractivity contribution in [1.82, 2.24) is 9.55 Å². The Balaban J connectivity index is 1.87. The van der Waals surface area contributed by atoms with E-state index in [1.165, 1.54) is 12.3 Å². The number of rotatable bonds is 4. The first-order chi connectivity index (χ1) is 14.6. The number of ether oxygens (including phenoxy) is 3. The fourth-order valence-electron chi connectivity index (χ4n) is 3.57. The van der Waals surface area contributed by atoms with Crippen molar-refractivity contribution in [1.29, 1.82) is 0 Å². The summed E-state index contributed by atoms with van der Waals surface area (Å²) < 4.78 is 32.4. The molecule has 6 nitrogen and oxygen atoms in total. The first-order valence-corrected chi connectivity index (χ1v) is 10.5. The van der Waals surface area contributed by atoms with Crippen molar-refractivity contribution in [3.05, 3.63) is 61.2 Å². The highest BCUT2D eigenvalue weighted by molar-refractivity contribution is 6.38. The molecule has 0 amide bonds. The third-order valence-electron chi connectivity index (χ3n) is 4.81. The number of aromatic nitrogens is 2. The van der Waals surface area contributed by atoms with Crippen molar-refractivity contribution < 1.29 is 18.6 Å². The molecule has 1 aliphatic heterocycles. The number of hydrogen-bond donors (Lipinski definition) is 0. The van der Waals surface area contributed by atoms with Crippen LogP contribution < -0.4 is 10.2 Å². The predicted molar refractivity (Wildman–Crippen MR) is 117 cm³/mol. The van der Waals surface area contributed by atoms with Crippen LogP contribution in [0.3, 0.4) is 0 Å². The van der Waals surface area contributed by atoms with Gasteiger partial charge in [0.15, 0.2) is 11.2 Å². The lowest BCUT2D eigenvalue weighted by Gasteiger charge is -2.20. The van der Waals surface area contributed by atoms with Gasteiger partial charge < -0.3 is 18.8 Å². The molecule has 3 heterocycles. The van der Waals surface area contributed by atoms with E-state index >= 15 is 0 Å². The van der Waals surface area contributed by atoms with Crippen LogP contribution in [0.5, 0.6) is 5.88 Å². The number of halogens is 4. The second-order valence-corrected chi connectivity index (χ2v) is 8.82. The Bertz CT molecular complexity index is 1220. The molecule has 2 aromatic heterocycles. The summed E-state index contributed by atoms with van der Waals surface area (Å²) in [5.41, 5.74) is 0.754. The minimum atomic E-state index is -0.705. The van der Waals surface area contributed by atoms with E-state index in [0.717, 1.165) is 12.1 Å². The van der Waals surface area contributed by atoms with Crippen LogP contribution in [-0.4, -0.2) is 34.7 Å². The molecule has 1 atom stereocenters. The molecule has 0 spiro atoms. The summed E-state index contributed by atoms with van der Waals surface area (Å²) >= 11 is 19.1. The van der Waals surface area contributed by atoms with Crippen molar-refractivity contribution in [3.63, 3.8) is 0 Å². The molecule has 0 radical (unpaired) electrons. The van der Waals surface area contributed by atoms with E-state index in [1.54, 1.807) is 25.3 Å². The minimum Gasteiger partial charge on any atom is -0.474 e. The van der Waals surface area contributed by atoms with Gasteiger partial charge in [0.1, 0.15) is 23.9 Å². The van der Waals surface area contributed by atoms with Gasteiger partial charge in [0.05, 0.1) is 39.1 Å². The molecule has 10 heteroatoms. The monoisotopic (exact) mass is 486 g/mol. The van der Waals surface area contributed by atoms with Crippen molar-refractivity contribution >= 4 is 45.7 Å². The number of nitrogens with zero attached hydrogens (tertiary/aromatic N) is 2. The molecule has 1 aromatic carbocycles. The van der Waals surface area contributed by atoms with Gasteiger partial charge in [0.25, 0.3) is 0 Å². The van der Waals surface area contributed by atoms with Gasteiger partial charge in [-0.1, -0.05) is 34.8 Å². The average molecular weight is 488 g/mol. The summed E-state index contributed by atoms with van der Waals surface area (Å²) in [7, 11) is 0. The van der Waals surface area contributed by atoms with E-state index in [2.05, 4.69) is 4.98 Å². The Morgan fingerprint density at radius 2 is 1.90 bits per heavy atom. The molecule has 1 unspecified atom stereocenters. The van der Waals surface area contributed by atoms with Gasteiger partial charge in [-0.25, -0.2) is 9.37 Å². The molecule has 1 fully saturated rings. The fraction of sp³-hybridized carbons (Fsp3) is 0.333.